The minimum absolute atomic E-state index is 0.157. The molecule has 0 radical (unpaired) electrons. The average molecular weight is 382 g/mol. The highest BCUT2D eigenvalue weighted by Gasteiger charge is 2.15. The first kappa shape index (κ1) is 25.3. The normalized spacial score (nSPS) is 17.1. The van der Waals surface area contributed by atoms with Crippen molar-refractivity contribution in [2.45, 2.75) is 76.6 Å². The van der Waals surface area contributed by atoms with Crippen LogP contribution in [0.3, 0.4) is 0 Å². The average Bonchev–Trinajstić information content (AvgIpc) is 2.63. The van der Waals surface area contributed by atoms with Gasteiger partial charge in [-0.1, -0.05) is 74.8 Å². The van der Waals surface area contributed by atoms with Crippen LogP contribution < -0.4 is 5.48 Å². The van der Waals surface area contributed by atoms with Crippen molar-refractivity contribution < 1.29 is 25.3 Å². The fourth-order valence-electron chi connectivity index (χ4n) is 2.35. The van der Waals surface area contributed by atoms with Crippen molar-refractivity contribution >= 4 is 5.91 Å². The number of hydrogen-bond acceptors (Lipinski definition) is 5. The molecule has 0 heterocycles. The summed E-state index contributed by atoms with van der Waals surface area (Å²) >= 11 is 0. The van der Waals surface area contributed by atoms with E-state index in [1.54, 1.807) is 61.0 Å². The largest absolute Gasteiger partial charge is 0.390 e. The van der Waals surface area contributed by atoms with Crippen LogP contribution in [0.1, 0.15) is 58.8 Å². The number of unbranched alkanes of at least 4 members (excludes halogenated alkanes) is 2. The maximum Gasteiger partial charge on any atom is 0.243 e. The van der Waals surface area contributed by atoms with E-state index in [9.17, 15) is 20.1 Å². The molecule has 154 valence electrons. The quantitative estimate of drug-likeness (QED) is 0.138. The Bertz CT molecular complexity index is 509. The third-order valence-corrected chi connectivity index (χ3v) is 4.03. The number of allylic oxidation sites excluding steroid dienone is 6. The van der Waals surface area contributed by atoms with Crippen LogP contribution in [0.15, 0.2) is 48.6 Å². The van der Waals surface area contributed by atoms with Crippen molar-refractivity contribution in [2.24, 2.45) is 0 Å². The smallest absolute Gasteiger partial charge is 0.243 e. The molecule has 0 aromatic heterocycles. The predicted molar refractivity (Wildman–Crippen MR) is 107 cm³/mol. The molecule has 0 rings (SSSR count). The molecule has 0 aliphatic rings. The number of carbonyl (C=O) groups excluding carboxylic acids is 1. The molecule has 0 bridgehead atoms. The fourth-order valence-corrected chi connectivity index (χ4v) is 2.35. The summed E-state index contributed by atoms with van der Waals surface area (Å²) in [6, 6.07) is 0. The zero-order chi connectivity index (χ0) is 20.5. The van der Waals surface area contributed by atoms with Gasteiger partial charge in [0, 0.05) is 6.42 Å². The van der Waals surface area contributed by atoms with Crippen molar-refractivity contribution in [1.82, 2.24) is 5.48 Å². The Balaban J connectivity index is 4.14. The predicted octanol–water partition coefficient (Wildman–Crippen LogP) is 2.94. The lowest BCUT2D eigenvalue weighted by Crippen LogP contribution is -2.23. The molecule has 0 aromatic carbocycles. The Kier molecular flexibility index (Phi) is 14.4. The van der Waals surface area contributed by atoms with Crippen molar-refractivity contribution in [3.05, 3.63) is 48.6 Å². The molecular weight excluding hydrogens is 346 g/mol. The molecule has 0 fully saturated rings. The second-order valence-corrected chi connectivity index (χ2v) is 6.81. The van der Waals surface area contributed by atoms with Gasteiger partial charge in [0.05, 0.1) is 17.8 Å². The number of aliphatic hydroxyl groups is 3. The molecule has 0 aliphatic heterocycles. The molecule has 3 atom stereocenters. The molecule has 1 amide bonds. The van der Waals surface area contributed by atoms with Crippen LogP contribution in [0.2, 0.25) is 0 Å². The zero-order valence-corrected chi connectivity index (χ0v) is 16.4. The minimum atomic E-state index is -1.03. The fraction of sp³-hybridized carbons (Fsp3) is 0.571. The van der Waals surface area contributed by atoms with Crippen LogP contribution >= 0.6 is 0 Å². The van der Waals surface area contributed by atoms with Gasteiger partial charge in [0.1, 0.15) is 0 Å². The van der Waals surface area contributed by atoms with Crippen LogP contribution in [0.4, 0.5) is 0 Å². The van der Waals surface area contributed by atoms with Crippen LogP contribution in [-0.2, 0) is 4.79 Å². The van der Waals surface area contributed by atoms with Gasteiger partial charge in [0.25, 0.3) is 0 Å². The summed E-state index contributed by atoms with van der Waals surface area (Å²) in [7, 11) is 0. The molecule has 0 spiro atoms. The molecule has 0 aliphatic carbocycles. The number of rotatable bonds is 14. The second-order valence-electron chi connectivity index (χ2n) is 6.81. The molecular formula is C21H35NO5. The van der Waals surface area contributed by atoms with Gasteiger partial charge in [-0.15, -0.1) is 0 Å². The lowest BCUT2D eigenvalue weighted by molar-refractivity contribution is -0.129. The van der Waals surface area contributed by atoms with Crippen molar-refractivity contribution in [1.29, 1.82) is 0 Å². The summed E-state index contributed by atoms with van der Waals surface area (Å²) in [4.78, 5) is 10.9. The highest BCUT2D eigenvalue weighted by atomic mass is 16.5. The number of nitrogens with one attached hydrogen (secondary N) is 1. The van der Waals surface area contributed by atoms with Gasteiger partial charge in [0.2, 0.25) is 5.91 Å². The highest BCUT2D eigenvalue weighted by Crippen LogP contribution is 2.15. The third kappa shape index (κ3) is 15.1. The Morgan fingerprint density at radius 1 is 1.04 bits per heavy atom. The van der Waals surface area contributed by atoms with Gasteiger partial charge in [-0.2, -0.15) is 0 Å². The van der Waals surface area contributed by atoms with E-state index in [1.807, 2.05) is 0 Å². The molecule has 0 saturated heterocycles. The highest BCUT2D eigenvalue weighted by molar-refractivity contribution is 5.74. The first-order valence-corrected chi connectivity index (χ1v) is 9.53. The number of carbonyl (C=O) groups is 1. The third-order valence-electron chi connectivity index (χ3n) is 4.03. The Morgan fingerprint density at radius 2 is 1.67 bits per heavy atom. The van der Waals surface area contributed by atoms with Crippen LogP contribution in [0.25, 0.3) is 0 Å². The van der Waals surface area contributed by atoms with Gasteiger partial charge >= 0.3 is 0 Å². The molecule has 6 nitrogen and oxygen atoms in total. The summed E-state index contributed by atoms with van der Waals surface area (Å²) in [5.41, 5.74) is 0.534. The van der Waals surface area contributed by atoms with Crippen LogP contribution in [-0.4, -0.2) is 44.2 Å². The maximum atomic E-state index is 10.9. The van der Waals surface area contributed by atoms with E-state index in [0.717, 1.165) is 19.3 Å². The van der Waals surface area contributed by atoms with Gasteiger partial charge in [0.15, 0.2) is 0 Å². The van der Waals surface area contributed by atoms with E-state index in [4.69, 9.17) is 5.21 Å². The molecule has 0 saturated carbocycles. The lowest BCUT2D eigenvalue weighted by Gasteiger charge is -2.17. The Labute approximate surface area is 162 Å². The van der Waals surface area contributed by atoms with E-state index in [2.05, 4.69) is 6.92 Å². The first-order chi connectivity index (χ1) is 12.8. The topological polar surface area (TPSA) is 110 Å². The van der Waals surface area contributed by atoms with Crippen molar-refractivity contribution in [2.75, 3.05) is 0 Å². The monoisotopic (exact) mass is 381 g/mol. The SMILES string of the molecule is CCCCC[C@@H](O)[C@H](O)C=CC=CC=CC=C[C@@](C)(O)CCCC(=O)NO. The summed E-state index contributed by atoms with van der Waals surface area (Å²) < 4.78 is 0. The number of aliphatic hydroxyl groups excluding tert-OH is 2. The first-order valence-electron chi connectivity index (χ1n) is 9.53. The van der Waals surface area contributed by atoms with Gasteiger partial charge < -0.3 is 15.3 Å². The van der Waals surface area contributed by atoms with Gasteiger partial charge in [-0.25, -0.2) is 5.48 Å². The molecule has 0 aromatic rings. The number of hydrogen-bond donors (Lipinski definition) is 5. The molecule has 0 unspecified atom stereocenters. The number of amides is 1. The standard InChI is InChI=1S/C21H35NO5/c1-3-4-9-13-18(23)19(24)14-10-7-5-6-8-11-16-21(2,26)17-12-15-20(25)22-27/h5-8,10-11,14,16,18-19,23-24,26-27H,3-4,9,12-13,15,17H2,1-2H3,(H,22,25)/t18-,19-,21-/m1/s1. The minimum Gasteiger partial charge on any atom is -0.390 e. The van der Waals surface area contributed by atoms with Crippen LogP contribution in [0.5, 0.6) is 0 Å². The zero-order valence-electron chi connectivity index (χ0n) is 16.4. The van der Waals surface area contributed by atoms with Gasteiger partial charge in [-0.05, 0) is 26.2 Å². The molecule has 27 heavy (non-hydrogen) atoms. The van der Waals surface area contributed by atoms with E-state index in [0.29, 0.717) is 19.3 Å². The summed E-state index contributed by atoms with van der Waals surface area (Å²) in [6.45, 7) is 3.75. The molecule has 5 N–H and O–H groups in total. The van der Waals surface area contributed by atoms with Crippen LogP contribution in [0, 0.1) is 0 Å². The van der Waals surface area contributed by atoms with E-state index in [-0.39, 0.29) is 6.42 Å². The number of hydroxylamine groups is 1. The Hall–Kier alpha value is -1.73. The molecule has 6 heteroatoms. The van der Waals surface area contributed by atoms with Gasteiger partial charge in [-0.3, -0.25) is 10.0 Å². The summed E-state index contributed by atoms with van der Waals surface area (Å²) in [5, 5.41) is 38.1. The van der Waals surface area contributed by atoms with E-state index < -0.39 is 23.7 Å². The lowest BCUT2D eigenvalue weighted by atomic mass is 9.98. The van der Waals surface area contributed by atoms with Crippen molar-refractivity contribution in [3.8, 4) is 0 Å². The van der Waals surface area contributed by atoms with Crippen molar-refractivity contribution in [3.63, 3.8) is 0 Å². The maximum absolute atomic E-state index is 10.9. The Morgan fingerprint density at radius 3 is 2.30 bits per heavy atom. The second kappa shape index (κ2) is 15.3. The van der Waals surface area contributed by atoms with E-state index in [1.165, 1.54) is 0 Å². The van der Waals surface area contributed by atoms with E-state index >= 15 is 0 Å². The summed E-state index contributed by atoms with van der Waals surface area (Å²) in [6.07, 6.45) is 16.7. The summed E-state index contributed by atoms with van der Waals surface area (Å²) in [5.74, 6) is -0.466.